The molecule has 0 bridgehead atoms. The van der Waals surface area contributed by atoms with Gasteiger partial charge in [-0.2, -0.15) is 0 Å². The normalized spacial score (nSPS) is 10.7. The van der Waals surface area contributed by atoms with Crippen molar-refractivity contribution in [3.8, 4) is 9.75 Å². The smallest absolute Gasteiger partial charge is 0.0568 e. The first-order valence-corrected chi connectivity index (χ1v) is 6.83. The van der Waals surface area contributed by atoms with E-state index in [9.17, 15) is 0 Å². The minimum absolute atomic E-state index is 0.596. The standard InChI is InChI=1S/C10H8Cl2S2/c11-5-7-1-3-9(13-7)10-4-2-8(6-12)14-10/h1-4H,5-6H2. The molecule has 4 heteroatoms. The maximum absolute atomic E-state index is 5.75. The second-order valence-corrected chi connectivity index (χ2v) is 5.67. The molecule has 2 heterocycles. The summed E-state index contributed by atoms with van der Waals surface area (Å²) in [6, 6.07) is 8.39. The zero-order valence-corrected chi connectivity index (χ0v) is 10.4. The van der Waals surface area contributed by atoms with E-state index in [4.69, 9.17) is 23.2 Å². The summed E-state index contributed by atoms with van der Waals surface area (Å²) in [7, 11) is 0. The van der Waals surface area contributed by atoms with Crippen LogP contribution in [0.3, 0.4) is 0 Å². The lowest BCUT2D eigenvalue weighted by molar-refractivity contribution is 1.53. The van der Waals surface area contributed by atoms with Crippen LogP contribution in [0.1, 0.15) is 9.75 Å². The summed E-state index contributed by atoms with van der Waals surface area (Å²) in [5, 5.41) is 0. The molecular formula is C10H8Cl2S2. The molecule has 0 aliphatic rings. The van der Waals surface area contributed by atoms with Crippen LogP contribution >= 0.6 is 45.9 Å². The molecule has 14 heavy (non-hydrogen) atoms. The Kier molecular flexibility index (Phi) is 3.50. The van der Waals surface area contributed by atoms with E-state index in [-0.39, 0.29) is 0 Å². The van der Waals surface area contributed by atoms with Crippen LogP contribution in [0.25, 0.3) is 9.75 Å². The van der Waals surface area contributed by atoms with E-state index in [0.717, 1.165) is 0 Å². The zero-order chi connectivity index (χ0) is 9.97. The van der Waals surface area contributed by atoms with Gasteiger partial charge in [0.2, 0.25) is 0 Å². The molecule has 0 spiro atoms. The maximum atomic E-state index is 5.75. The van der Waals surface area contributed by atoms with E-state index in [1.807, 2.05) is 0 Å². The van der Waals surface area contributed by atoms with Gasteiger partial charge in [0, 0.05) is 19.5 Å². The number of alkyl halides is 2. The van der Waals surface area contributed by atoms with Gasteiger partial charge in [-0.1, -0.05) is 0 Å². The minimum atomic E-state index is 0.596. The third-order valence-electron chi connectivity index (χ3n) is 1.83. The second kappa shape index (κ2) is 4.67. The van der Waals surface area contributed by atoms with Crippen LogP contribution in [0.15, 0.2) is 24.3 Å². The lowest BCUT2D eigenvalue weighted by atomic mass is 10.3. The molecule has 2 rings (SSSR count). The molecule has 0 amide bonds. The van der Waals surface area contributed by atoms with Gasteiger partial charge in [0.05, 0.1) is 11.8 Å². The van der Waals surface area contributed by atoms with Crippen molar-refractivity contribution in [2.24, 2.45) is 0 Å². The quantitative estimate of drug-likeness (QED) is 0.687. The second-order valence-electron chi connectivity index (χ2n) is 2.80. The molecule has 0 aliphatic carbocycles. The summed E-state index contributed by atoms with van der Waals surface area (Å²) in [5.41, 5.74) is 0. The third-order valence-corrected chi connectivity index (χ3v) is 5.09. The van der Waals surface area contributed by atoms with E-state index >= 15 is 0 Å². The summed E-state index contributed by atoms with van der Waals surface area (Å²) in [5.74, 6) is 1.19. The number of halogens is 2. The van der Waals surface area contributed by atoms with Crippen LogP contribution in [-0.2, 0) is 11.8 Å². The summed E-state index contributed by atoms with van der Waals surface area (Å²) < 4.78 is 0. The number of rotatable bonds is 3. The Balaban J connectivity index is 2.29. The third kappa shape index (κ3) is 2.14. The van der Waals surface area contributed by atoms with E-state index in [1.165, 1.54) is 19.5 Å². The van der Waals surface area contributed by atoms with Crippen molar-refractivity contribution < 1.29 is 0 Å². The Morgan fingerprint density at radius 1 is 0.786 bits per heavy atom. The monoisotopic (exact) mass is 262 g/mol. The van der Waals surface area contributed by atoms with Crippen LogP contribution in [0.2, 0.25) is 0 Å². The van der Waals surface area contributed by atoms with E-state index < -0.39 is 0 Å². The lowest BCUT2D eigenvalue weighted by Gasteiger charge is -1.88. The van der Waals surface area contributed by atoms with Gasteiger partial charge in [-0.05, 0) is 24.3 Å². The molecule has 0 radical (unpaired) electrons. The Hall–Kier alpha value is -0.0200. The van der Waals surface area contributed by atoms with Crippen molar-refractivity contribution in [2.45, 2.75) is 11.8 Å². The van der Waals surface area contributed by atoms with Crippen molar-refractivity contribution in [3.63, 3.8) is 0 Å². The topological polar surface area (TPSA) is 0 Å². The van der Waals surface area contributed by atoms with Crippen LogP contribution < -0.4 is 0 Å². The fraction of sp³-hybridized carbons (Fsp3) is 0.200. The Labute approximate surface area is 101 Å². The molecule has 0 aromatic carbocycles. The predicted octanol–water partition coefficient (Wildman–Crippen LogP) is 4.95. The van der Waals surface area contributed by atoms with E-state index in [2.05, 4.69) is 24.3 Å². The largest absolute Gasteiger partial charge is 0.138 e. The summed E-state index contributed by atoms with van der Waals surface area (Å²) in [4.78, 5) is 4.98. The van der Waals surface area contributed by atoms with Crippen LogP contribution in [0, 0.1) is 0 Å². The number of hydrogen-bond donors (Lipinski definition) is 0. The fourth-order valence-electron chi connectivity index (χ4n) is 1.16. The molecule has 0 saturated heterocycles. The average molecular weight is 263 g/mol. The number of thiophene rings is 2. The lowest BCUT2D eigenvalue weighted by Crippen LogP contribution is -1.60. The molecule has 0 atom stereocenters. The molecule has 0 nitrogen and oxygen atoms in total. The van der Waals surface area contributed by atoms with Gasteiger partial charge < -0.3 is 0 Å². The minimum Gasteiger partial charge on any atom is -0.138 e. The highest BCUT2D eigenvalue weighted by Crippen LogP contribution is 2.34. The van der Waals surface area contributed by atoms with Crippen molar-refractivity contribution in [1.82, 2.24) is 0 Å². The molecular weight excluding hydrogens is 255 g/mol. The molecule has 0 saturated carbocycles. The molecule has 0 fully saturated rings. The molecule has 0 unspecified atom stereocenters. The van der Waals surface area contributed by atoms with Crippen LogP contribution in [0.5, 0.6) is 0 Å². The average Bonchev–Trinajstić information content (AvgIpc) is 2.86. The molecule has 74 valence electrons. The van der Waals surface area contributed by atoms with Gasteiger partial charge in [-0.3, -0.25) is 0 Å². The van der Waals surface area contributed by atoms with Crippen molar-refractivity contribution in [2.75, 3.05) is 0 Å². The fourth-order valence-corrected chi connectivity index (χ4v) is 3.48. The molecule has 0 aliphatic heterocycles. The van der Waals surface area contributed by atoms with Gasteiger partial charge in [-0.15, -0.1) is 45.9 Å². The summed E-state index contributed by atoms with van der Waals surface area (Å²) in [6.45, 7) is 0. The Morgan fingerprint density at radius 2 is 1.21 bits per heavy atom. The highest BCUT2D eigenvalue weighted by Gasteiger charge is 2.05. The summed E-state index contributed by atoms with van der Waals surface area (Å²) in [6.07, 6.45) is 0. The van der Waals surface area contributed by atoms with Gasteiger partial charge in [0.25, 0.3) is 0 Å². The van der Waals surface area contributed by atoms with Crippen LogP contribution in [-0.4, -0.2) is 0 Å². The zero-order valence-electron chi connectivity index (χ0n) is 7.30. The SMILES string of the molecule is ClCc1ccc(-c2ccc(CCl)s2)s1. The predicted molar refractivity (Wildman–Crippen MR) is 66.7 cm³/mol. The number of hydrogen-bond acceptors (Lipinski definition) is 2. The van der Waals surface area contributed by atoms with Gasteiger partial charge >= 0.3 is 0 Å². The Morgan fingerprint density at radius 3 is 1.50 bits per heavy atom. The van der Waals surface area contributed by atoms with Gasteiger partial charge in [0.1, 0.15) is 0 Å². The maximum Gasteiger partial charge on any atom is 0.0568 e. The van der Waals surface area contributed by atoms with Crippen molar-refractivity contribution >= 4 is 45.9 Å². The van der Waals surface area contributed by atoms with Gasteiger partial charge in [0.15, 0.2) is 0 Å². The summed E-state index contributed by atoms with van der Waals surface area (Å²) >= 11 is 15.0. The van der Waals surface area contributed by atoms with Crippen molar-refractivity contribution in [3.05, 3.63) is 34.0 Å². The van der Waals surface area contributed by atoms with E-state index in [1.54, 1.807) is 22.7 Å². The highest BCUT2D eigenvalue weighted by molar-refractivity contribution is 7.22. The van der Waals surface area contributed by atoms with Gasteiger partial charge in [-0.25, -0.2) is 0 Å². The molecule has 2 aromatic rings. The first-order chi connectivity index (χ1) is 6.83. The van der Waals surface area contributed by atoms with Crippen LogP contribution in [0.4, 0.5) is 0 Å². The van der Waals surface area contributed by atoms with E-state index in [0.29, 0.717) is 11.8 Å². The molecule has 2 aromatic heterocycles. The Bertz CT molecular complexity index is 377. The highest BCUT2D eigenvalue weighted by atomic mass is 35.5. The first-order valence-electron chi connectivity index (χ1n) is 4.13. The molecule has 0 N–H and O–H groups in total. The van der Waals surface area contributed by atoms with Crippen molar-refractivity contribution in [1.29, 1.82) is 0 Å². The first kappa shape index (κ1) is 10.5.